The zero-order chi connectivity index (χ0) is 10.2. The van der Waals surface area contributed by atoms with Crippen LogP contribution in [-0.4, -0.2) is 46.6 Å². The molecule has 0 aromatic carbocycles. The molecule has 2 heterocycles. The molecule has 2 fully saturated rings. The first kappa shape index (κ1) is 9.92. The number of rotatable bonds is 3. The fraction of sp³-hybridized carbons (Fsp3) is 0.700. The van der Waals surface area contributed by atoms with Gasteiger partial charge in [0.25, 0.3) is 0 Å². The lowest BCUT2D eigenvalue weighted by atomic mass is 10.1. The number of nitrogens with zero attached hydrogens (tertiary/aromatic N) is 1. The van der Waals surface area contributed by atoms with Gasteiger partial charge in [0.05, 0.1) is 12.6 Å². The number of likely N-dealkylation sites (tertiary alicyclic amines) is 1. The minimum Gasteiger partial charge on any atom is -0.383 e. The van der Waals surface area contributed by atoms with E-state index < -0.39 is 0 Å². The van der Waals surface area contributed by atoms with Crippen molar-refractivity contribution in [1.82, 2.24) is 4.90 Å². The number of hydrogen-bond donors (Lipinski definition) is 0. The smallest absolute Gasteiger partial charge is 0.246 e. The van der Waals surface area contributed by atoms with E-state index in [1.165, 1.54) is 12.1 Å². The monoisotopic (exact) mass is 209 g/mol. The lowest BCUT2D eigenvalue weighted by Crippen LogP contribution is -2.37. The van der Waals surface area contributed by atoms with Crippen LogP contribution >= 0.6 is 0 Å². The summed E-state index contributed by atoms with van der Waals surface area (Å²) in [5.41, 5.74) is 0. The minimum absolute atomic E-state index is 0.0561. The van der Waals surface area contributed by atoms with Crippen LogP contribution in [0.5, 0.6) is 0 Å². The molecule has 2 unspecified atom stereocenters. The van der Waals surface area contributed by atoms with Crippen LogP contribution in [0.2, 0.25) is 11.1 Å². The van der Waals surface area contributed by atoms with Gasteiger partial charge < -0.3 is 9.64 Å². The third-order valence-electron chi connectivity index (χ3n) is 3.03. The lowest BCUT2D eigenvalue weighted by molar-refractivity contribution is -0.127. The summed E-state index contributed by atoms with van der Waals surface area (Å²) in [6.45, 7) is 5.12. The second-order valence-electron chi connectivity index (χ2n) is 4.12. The molecule has 2 aliphatic rings. The van der Waals surface area contributed by atoms with Crippen molar-refractivity contribution in [3.63, 3.8) is 0 Å². The third-order valence-corrected chi connectivity index (χ3v) is 4.75. The molecule has 0 bridgehead atoms. The summed E-state index contributed by atoms with van der Waals surface area (Å²) < 4.78 is 5.15. The van der Waals surface area contributed by atoms with E-state index in [1.807, 2.05) is 4.90 Å². The van der Waals surface area contributed by atoms with E-state index in [9.17, 15) is 4.79 Å². The lowest BCUT2D eigenvalue weighted by Gasteiger charge is -2.22. The quantitative estimate of drug-likeness (QED) is 0.506. The summed E-state index contributed by atoms with van der Waals surface area (Å²) in [4.78, 5) is 13.5. The Kier molecular flexibility index (Phi) is 2.49. The topological polar surface area (TPSA) is 29.5 Å². The SMILES string of the molecule is C=CC(=O)N1CC2(C[Si]2)CC1COC. The van der Waals surface area contributed by atoms with Gasteiger partial charge in [-0.2, -0.15) is 0 Å². The summed E-state index contributed by atoms with van der Waals surface area (Å²) in [6, 6.07) is 1.58. The molecule has 0 N–H and O–H groups in total. The molecule has 2 rings (SSSR count). The number of carbonyl (C=O) groups is 1. The predicted molar refractivity (Wildman–Crippen MR) is 55.4 cm³/mol. The highest BCUT2D eigenvalue weighted by atomic mass is 28.2. The maximum atomic E-state index is 11.6. The van der Waals surface area contributed by atoms with E-state index in [-0.39, 0.29) is 11.9 Å². The van der Waals surface area contributed by atoms with Crippen molar-refractivity contribution in [2.24, 2.45) is 0 Å². The minimum atomic E-state index is 0.0561. The molecule has 4 heteroatoms. The Hall–Kier alpha value is -0.613. The van der Waals surface area contributed by atoms with E-state index >= 15 is 0 Å². The van der Waals surface area contributed by atoms with Gasteiger partial charge in [-0.3, -0.25) is 4.79 Å². The van der Waals surface area contributed by atoms with Gasteiger partial charge in [-0.1, -0.05) is 12.6 Å². The van der Waals surface area contributed by atoms with Crippen molar-refractivity contribution < 1.29 is 9.53 Å². The summed E-state index contributed by atoms with van der Waals surface area (Å²) in [6.07, 6.45) is 2.53. The largest absolute Gasteiger partial charge is 0.383 e. The standard InChI is InChI=1S/C10H15NO2Si/c1-3-9(12)11-6-10(7-14-10)4-8(11)5-13-2/h3,8H,1,4-7H2,2H3. The summed E-state index contributed by atoms with van der Waals surface area (Å²) >= 11 is 0. The van der Waals surface area contributed by atoms with Gasteiger partial charge in [0.15, 0.2) is 0 Å². The molecule has 76 valence electrons. The number of carbonyl (C=O) groups excluding carboxylic acids is 1. The van der Waals surface area contributed by atoms with Gasteiger partial charge in [-0.25, -0.2) is 0 Å². The van der Waals surface area contributed by atoms with Gasteiger partial charge in [-0.15, -0.1) is 0 Å². The molecule has 2 atom stereocenters. The normalized spacial score (nSPS) is 34.9. The Bertz CT molecular complexity index is 263. The summed E-state index contributed by atoms with van der Waals surface area (Å²) in [5.74, 6) is 0.0561. The van der Waals surface area contributed by atoms with Crippen LogP contribution in [0.3, 0.4) is 0 Å². The average molecular weight is 209 g/mol. The van der Waals surface area contributed by atoms with Crippen molar-refractivity contribution in [3.05, 3.63) is 12.7 Å². The number of ether oxygens (including phenoxy) is 1. The molecule has 3 nitrogen and oxygen atoms in total. The molecule has 0 aromatic rings. The molecule has 0 aromatic heterocycles. The van der Waals surface area contributed by atoms with Crippen LogP contribution in [0.4, 0.5) is 0 Å². The molecule has 0 saturated carbocycles. The highest BCUT2D eigenvalue weighted by Gasteiger charge is 2.53. The highest BCUT2D eigenvalue weighted by molar-refractivity contribution is 6.54. The second kappa shape index (κ2) is 3.51. The molecular weight excluding hydrogens is 194 g/mol. The fourth-order valence-electron chi connectivity index (χ4n) is 2.18. The first-order valence-electron chi connectivity index (χ1n) is 4.88. The fourth-order valence-corrected chi connectivity index (χ4v) is 3.35. The Morgan fingerprint density at radius 1 is 1.86 bits per heavy atom. The van der Waals surface area contributed by atoms with E-state index in [0.717, 1.165) is 22.5 Å². The molecule has 1 spiro atoms. The predicted octanol–water partition coefficient (Wildman–Crippen LogP) is 0.714. The second-order valence-corrected chi connectivity index (χ2v) is 5.89. The Balaban J connectivity index is 2.05. The van der Waals surface area contributed by atoms with E-state index in [0.29, 0.717) is 11.6 Å². The Morgan fingerprint density at radius 2 is 2.57 bits per heavy atom. The van der Waals surface area contributed by atoms with Gasteiger partial charge in [0, 0.05) is 23.2 Å². The van der Waals surface area contributed by atoms with Gasteiger partial charge in [-0.05, 0) is 17.5 Å². The maximum Gasteiger partial charge on any atom is 0.246 e. The Labute approximate surface area is 86.9 Å². The molecule has 1 amide bonds. The van der Waals surface area contributed by atoms with Crippen molar-refractivity contribution in [1.29, 1.82) is 0 Å². The first-order chi connectivity index (χ1) is 6.71. The molecule has 14 heavy (non-hydrogen) atoms. The summed E-state index contributed by atoms with van der Waals surface area (Å²) in [7, 11) is 2.74. The van der Waals surface area contributed by atoms with Crippen LogP contribution in [0.1, 0.15) is 6.42 Å². The van der Waals surface area contributed by atoms with Crippen LogP contribution in [0, 0.1) is 0 Å². The van der Waals surface area contributed by atoms with Crippen molar-refractivity contribution in [2.75, 3.05) is 20.3 Å². The van der Waals surface area contributed by atoms with Crippen molar-refractivity contribution in [3.8, 4) is 0 Å². The Morgan fingerprint density at radius 3 is 3.07 bits per heavy atom. The number of hydrogen-bond acceptors (Lipinski definition) is 2. The highest BCUT2D eigenvalue weighted by Crippen LogP contribution is 2.55. The van der Waals surface area contributed by atoms with Crippen LogP contribution < -0.4 is 0 Å². The van der Waals surface area contributed by atoms with Gasteiger partial charge in [0.2, 0.25) is 5.91 Å². The van der Waals surface area contributed by atoms with E-state index in [1.54, 1.807) is 7.11 Å². The maximum absolute atomic E-state index is 11.6. The average Bonchev–Trinajstić information content (AvgIpc) is 2.82. The molecule has 2 radical (unpaired) electrons. The van der Waals surface area contributed by atoms with Gasteiger partial charge in [0.1, 0.15) is 0 Å². The zero-order valence-corrected chi connectivity index (χ0v) is 9.45. The zero-order valence-electron chi connectivity index (χ0n) is 8.45. The van der Waals surface area contributed by atoms with E-state index in [4.69, 9.17) is 4.74 Å². The van der Waals surface area contributed by atoms with Crippen LogP contribution in [0.15, 0.2) is 12.7 Å². The number of methoxy groups -OCH3 is 1. The molecule has 2 aliphatic heterocycles. The van der Waals surface area contributed by atoms with Crippen molar-refractivity contribution >= 4 is 15.4 Å². The van der Waals surface area contributed by atoms with Gasteiger partial charge >= 0.3 is 0 Å². The van der Waals surface area contributed by atoms with Crippen LogP contribution in [0.25, 0.3) is 0 Å². The number of amides is 1. The molecular formula is C10H15NO2Si. The molecule has 2 saturated heterocycles. The van der Waals surface area contributed by atoms with Crippen LogP contribution in [-0.2, 0) is 9.53 Å². The molecule has 0 aliphatic carbocycles. The van der Waals surface area contributed by atoms with E-state index in [2.05, 4.69) is 6.58 Å². The third kappa shape index (κ3) is 1.64. The summed E-state index contributed by atoms with van der Waals surface area (Å²) in [5, 5.41) is 0.474. The first-order valence-corrected chi connectivity index (χ1v) is 6.08. The van der Waals surface area contributed by atoms with Crippen molar-refractivity contribution in [2.45, 2.75) is 23.5 Å².